The number of benzene rings is 3. The normalized spacial score (nSPS) is 12.8. The zero-order valence-electron chi connectivity index (χ0n) is 20.5. The van der Waals surface area contributed by atoms with E-state index in [4.69, 9.17) is 21.1 Å². The van der Waals surface area contributed by atoms with Gasteiger partial charge in [-0.15, -0.1) is 0 Å². The molecule has 0 bridgehead atoms. The van der Waals surface area contributed by atoms with E-state index in [2.05, 4.69) is 5.32 Å². The van der Waals surface area contributed by atoms with Crippen LogP contribution in [0.2, 0.25) is 5.02 Å². The number of carbonyl (C=O) groups is 2. The first-order chi connectivity index (χ1) is 17.6. The zero-order valence-corrected chi connectivity index (χ0v) is 22.1. The van der Waals surface area contributed by atoms with Crippen LogP contribution in [-0.4, -0.2) is 58.9 Å². The van der Waals surface area contributed by atoms with Crippen LogP contribution >= 0.6 is 11.6 Å². The van der Waals surface area contributed by atoms with Crippen molar-refractivity contribution in [1.29, 1.82) is 0 Å². The minimum absolute atomic E-state index is 0.122. The molecule has 0 radical (unpaired) electrons. The number of rotatable bonds is 8. The van der Waals surface area contributed by atoms with Gasteiger partial charge >= 0.3 is 0 Å². The Labute approximate surface area is 220 Å². The van der Waals surface area contributed by atoms with Gasteiger partial charge in [-0.1, -0.05) is 17.7 Å². The molecule has 11 heteroatoms. The lowest BCUT2D eigenvalue weighted by Gasteiger charge is -2.20. The summed E-state index contributed by atoms with van der Waals surface area (Å²) in [6.07, 6.45) is 0.688. The van der Waals surface area contributed by atoms with E-state index in [-0.39, 0.29) is 21.6 Å². The summed E-state index contributed by atoms with van der Waals surface area (Å²) in [6.45, 7) is 0.0730. The fourth-order valence-electron chi connectivity index (χ4n) is 4.07. The van der Waals surface area contributed by atoms with E-state index in [1.807, 2.05) is 6.07 Å². The summed E-state index contributed by atoms with van der Waals surface area (Å²) in [4.78, 5) is 27.4. The molecule has 194 valence electrons. The van der Waals surface area contributed by atoms with Crippen LogP contribution in [0, 0.1) is 0 Å². The summed E-state index contributed by atoms with van der Waals surface area (Å²) in [5.41, 5.74) is 2.64. The summed E-state index contributed by atoms with van der Waals surface area (Å²) in [7, 11) is 0.156. The van der Waals surface area contributed by atoms with Crippen LogP contribution in [0.25, 0.3) is 0 Å². The van der Waals surface area contributed by atoms with Crippen molar-refractivity contribution in [3.8, 4) is 11.5 Å². The first kappa shape index (κ1) is 26.5. The highest BCUT2D eigenvalue weighted by molar-refractivity contribution is 7.89. The Morgan fingerprint density at radius 2 is 1.76 bits per heavy atom. The van der Waals surface area contributed by atoms with E-state index in [9.17, 15) is 18.0 Å². The highest BCUT2D eigenvalue weighted by Gasteiger charge is 2.28. The number of ether oxygens (including phenoxy) is 2. The van der Waals surface area contributed by atoms with Gasteiger partial charge in [-0.25, -0.2) is 8.42 Å². The predicted molar refractivity (Wildman–Crippen MR) is 141 cm³/mol. The molecule has 3 aromatic carbocycles. The fourth-order valence-corrected chi connectivity index (χ4v) is 5.61. The summed E-state index contributed by atoms with van der Waals surface area (Å²) >= 11 is 5.98. The smallest absolute Gasteiger partial charge is 0.258 e. The molecule has 0 saturated carbocycles. The van der Waals surface area contributed by atoms with E-state index in [1.54, 1.807) is 48.4 Å². The van der Waals surface area contributed by atoms with Crippen molar-refractivity contribution in [1.82, 2.24) is 4.31 Å². The molecule has 1 heterocycles. The SMILES string of the molecule is COc1ccc(C(=O)N2CCc3ccc(NC(=O)CN(C)S(=O)(=O)c4cc(Cl)ccc4OC)cc32)cc1. The van der Waals surface area contributed by atoms with Crippen molar-refractivity contribution < 1.29 is 27.5 Å². The van der Waals surface area contributed by atoms with Gasteiger partial charge in [0.05, 0.1) is 20.8 Å². The van der Waals surface area contributed by atoms with Gasteiger partial charge in [0, 0.05) is 35.6 Å². The van der Waals surface area contributed by atoms with Crippen molar-refractivity contribution in [2.24, 2.45) is 0 Å². The number of likely N-dealkylation sites (N-methyl/N-ethyl adjacent to an activating group) is 1. The predicted octanol–water partition coefficient (Wildman–Crippen LogP) is 3.82. The molecule has 0 spiro atoms. The highest BCUT2D eigenvalue weighted by atomic mass is 35.5. The standard InChI is InChI=1S/C26H26ClN3O6S/c1-29(37(33,34)24-14-19(27)7-11-23(24)36-3)16-25(31)28-20-8-4-17-12-13-30(22(17)15-20)26(32)18-5-9-21(35-2)10-6-18/h4-11,14-15H,12-13,16H2,1-3H3,(H,28,31). The number of nitrogens with zero attached hydrogens (tertiary/aromatic N) is 2. The number of methoxy groups -OCH3 is 2. The second kappa shape index (κ2) is 10.8. The average Bonchev–Trinajstić information content (AvgIpc) is 3.31. The van der Waals surface area contributed by atoms with E-state index in [0.29, 0.717) is 35.7 Å². The summed E-state index contributed by atoms with van der Waals surface area (Å²) in [5.74, 6) is 0.0743. The number of hydrogen-bond acceptors (Lipinski definition) is 6. The number of hydrogen-bond donors (Lipinski definition) is 1. The van der Waals surface area contributed by atoms with Gasteiger partial charge in [-0.2, -0.15) is 4.31 Å². The Hall–Kier alpha value is -3.60. The fraction of sp³-hybridized carbons (Fsp3) is 0.231. The molecule has 0 unspecified atom stereocenters. The maximum atomic E-state index is 13.1. The molecule has 9 nitrogen and oxygen atoms in total. The van der Waals surface area contributed by atoms with Crippen molar-refractivity contribution in [3.05, 3.63) is 76.8 Å². The Bertz CT molecular complexity index is 1440. The van der Waals surface area contributed by atoms with E-state index < -0.39 is 22.5 Å². The highest BCUT2D eigenvalue weighted by Crippen LogP contribution is 2.33. The Balaban J connectivity index is 1.48. The number of halogens is 1. The first-order valence-corrected chi connectivity index (χ1v) is 13.1. The molecule has 1 N–H and O–H groups in total. The lowest BCUT2D eigenvalue weighted by molar-refractivity contribution is -0.116. The number of nitrogens with one attached hydrogen (secondary N) is 1. The minimum atomic E-state index is -4.06. The zero-order chi connectivity index (χ0) is 26.7. The third-order valence-corrected chi connectivity index (χ3v) is 8.09. The van der Waals surface area contributed by atoms with Crippen LogP contribution < -0.4 is 19.7 Å². The quantitative estimate of drug-likeness (QED) is 0.463. The third kappa shape index (κ3) is 5.56. The van der Waals surface area contributed by atoms with Gasteiger partial charge in [0.15, 0.2) is 0 Å². The van der Waals surface area contributed by atoms with Crippen molar-refractivity contribution >= 4 is 44.8 Å². The molecular formula is C26H26ClN3O6S. The molecule has 0 atom stereocenters. The molecular weight excluding hydrogens is 518 g/mol. The molecule has 4 rings (SSSR count). The van der Waals surface area contributed by atoms with Crippen LogP contribution in [0.4, 0.5) is 11.4 Å². The molecule has 3 aromatic rings. The summed E-state index contributed by atoms with van der Waals surface area (Å²) in [6, 6.07) is 16.4. The maximum Gasteiger partial charge on any atom is 0.258 e. The van der Waals surface area contributed by atoms with Gasteiger partial charge in [-0.05, 0) is 66.6 Å². The van der Waals surface area contributed by atoms with Gasteiger partial charge in [0.2, 0.25) is 15.9 Å². The first-order valence-electron chi connectivity index (χ1n) is 11.3. The monoisotopic (exact) mass is 543 g/mol. The average molecular weight is 544 g/mol. The lowest BCUT2D eigenvalue weighted by Crippen LogP contribution is -2.35. The van der Waals surface area contributed by atoms with Crippen LogP contribution in [-0.2, 0) is 21.2 Å². The molecule has 1 aliphatic rings. The van der Waals surface area contributed by atoms with Gasteiger partial charge in [0.1, 0.15) is 16.4 Å². The van der Waals surface area contributed by atoms with Crippen LogP contribution in [0.1, 0.15) is 15.9 Å². The third-order valence-electron chi connectivity index (χ3n) is 6.03. The second-order valence-corrected chi connectivity index (χ2v) is 10.8. The molecule has 37 heavy (non-hydrogen) atoms. The Morgan fingerprint density at radius 1 is 1.03 bits per heavy atom. The number of fused-ring (bicyclic) bond motifs is 1. The molecule has 0 fully saturated rings. The van der Waals surface area contributed by atoms with Crippen LogP contribution in [0.15, 0.2) is 65.6 Å². The van der Waals surface area contributed by atoms with Gasteiger partial charge in [0.25, 0.3) is 5.91 Å². The van der Waals surface area contributed by atoms with Gasteiger partial charge < -0.3 is 19.7 Å². The topological polar surface area (TPSA) is 105 Å². The van der Waals surface area contributed by atoms with Crippen LogP contribution in [0.3, 0.4) is 0 Å². The Morgan fingerprint density at radius 3 is 2.43 bits per heavy atom. The molecule has 0 aromatic heterocycles. The molecule has 0 aliphatic carbocycles. The Kier molecular flexibility index (Phi) is 7.72. The van der Waals surface area contributed by atoms with Crippen molar-refractivity contribution in [2.45, 2.75) is 11.3 Å². The van der Waals surface area contributed by atoms with Gasteiger partial charge in [-0.3, -0.25) is 9.59 Å². The molecule has 0 saturated heterocycles. The van der Waals surface area contributed by atoms with E-state index in [0.717, 1.165) is 9.87 Å². The van der Waals surface area contributed by atoms with Crippen LogP contribution in [0.5, 0.6) is 11.5 Å². The minimum Gasteiger partial charge on any atom is -0.497 e. The number of sulfonamides is 1. The lowest BCUT2D eigenvalue weighted by atomic mass is 10.1. The molecule has 1 aliphatic heterocycles. The number of carbonyl (C=O) groups excluding carboxylic acids is 2. The summed E-state index contributed by atoms with van der Waals surface area (Å²) in [5, 5.41) is 2.95. The number of anilines is 2. The van der Waals surface area contributed by atoms with Crippen molar-refractivity contribution in [3.63, 3.8) is 0 Å². The maximum absolute atomic E-state index is 13.1. The van der Waals surface area contributed by atoms with E-state index >= 15 is 0 Å². The summed E-state index contributed by atoms with van der Waals surface area (Å²) < 4.78 is 37.3. The number of amides is 2. The van der Waals surface area contributed by atoms with Crippen molar-refractivity contribution in [2.75, 3.05) is 44.6 Å². The molecule has 2 amide bonds. The largest absolute Gasteiger partial charge is 0.497 e. The van der Waals surface area contributed by atoms with E-state index in [1.165, 1.54) is 32.4 Å². The second-order valence-electron chi connectivity index (χ2n) is 8.38.